The summed E-state index contributed by atoms with van der Waals surface area (Å²) in [5.41, 5.74) is 2.51. The number of amides is 1. The Hall–Kier alpha value is -2.49. The quantitative estimate of drug-likeness (QED) is 0.693. The Morgan fingerprint density at radius 1 is 1.05 bits per heavy atom. The average molecular weight is 285 g/mol. The third-order valence-corrected chi connectivity index (χ3v) is 3.21. The van der Waals surface area contributed by atoms with Crippen LogP contribution in [0.4, 0.5) is 4.39 Å². The second-order valence-corrected chi connectivity index (χ2v) is 4.96. The molecule has 0 unspecified atom stereocenters. The number of hydrogen-bond donors (Lipinski definition) is 1. The molecule has 0 fully saturated rings. The van der Waals surface area contributed by atoms with Gasteiger partial charge in [0.2, 0.25) is 5.78 Å². The van der Waals surface area contributed by atoms with Gasteiger partial charge in [-0.3, -0.25) is 9.59 Å². The molecule has 2 aromatic rings. The Labute approximate surface area is 122 Å². The number of rotatable bonds is 4. The van der Waals surface area contributed by atoms with Crippen molar-refractivity contribution >= 4 is 11.7 Å². The van der Waals surface area contributed by atoms with Crippen LogP contribution in [0.5, 0.6) is 0 Å². The van der Waals surface area contributed by atoms with E-state index < -0.39 is 11.7 Å². The molecule has 1 amide bonds. The second kappa shape index (κ2) is 6.31. The molecule has 0 aromatic heterocycles. The maximum atomic E-state index is 13.4. The molecule has 0 saturated carbocycles. The first-order valence-electron chi connectivity index (χ1n) is 6.61. The lowest BCUT2D eigenvalue weighted by atomic mass is 10.1. The molecule has 0 radical (unpaired) electrons. The van der Waals surface area contributed by atoms with Gasteiger partial charge in [0.1, 0.15) is 5.82 Å². The molecule has 2 rings (SSSR count). The van der Waals surface area contributed by atoms with Crippen LogP contribution < -0.4 is 5.32 Å². The van der Waals surface area contributed by atoms with Gasteiger partial charge in [-0.1, -0.05) is 42.0 Å². The molecular formula is C17H16FNO2. The minimum absolute atomic E-state index is 0.119. The van der Waals surface area contributed by atoms with Gasteiger partial charge >= 0.3 is 0 Å². The highest BCUT2D eigenvalue weighted by atomic mass is 19.1. The fourth-order valence-corrected chi connectivity index (χ4v) is 1.84. The Morgan fingerprint density at radius 3 is 2.33 bits per heavy atom. The zero-order chi connectivity index (χ0) is 15.4. The fourth-order valence-electron chi connectivity index (χ4n) is 1.84. The topological polar surface area (TPSA) is 46.2 Å². The number of nitrogens with one attached hydrogen (secondary N) is 1. The van der Waals surface area contributed by atoms with E-state index in [0.717, 1.165) is 5.56 Å². The molecule has 0 aliphatic carbocycles. The first-order chi connectivity index (χ1) is 9.97. The molecule has 0 aliphatic rings. The third-order valence-electron chi connectivity index (χ3n) is 3.21. The van der Waals surface area contributed by atoms with Crippen LogP contribution >= 0.6 is 0 Å². The minimum atomic E-state index is -0.695. The lowest BCUT2D eigenvalue weighted by Crippen LogP contribution is -2.30. The smallest absolute Gasteiger partial charge is 0.292 e. The van der Waals surface area contributed by atoms with E-state index in [1.54, 1.807) is 43.3 Å². The molecule has 1 N–H and O–H groups in total. The molecular weight excluding hydrogens is 269 g/mol. The van der Waals surface area contributed by atoms with Crippen LogP contribution in [0.25, 0.3) is 0 Å². The number of carbonyl (C=O) groups is 2. The molecule has 0 atom stereocenters. The molecule has 0 saturated heterocycles. The summed E-state index contributed by atoms with van der Waals surface area (Å²) in [7, 11) is 0. The van der Waals surface area contributed by atoms with Gasteiger partial charge in [-0.05, 0) is 31.0 Å². The van der Waals surface area contributed by atoms with Gasteiger partial charge in [0, 0.05) is 12.1 Å². The predicted molar refractivity (Wildman–Crippen MR) is 78.5 cm³/mol. The zero-order valence-corrected chi connectivity index (χ0v) is 11.9. The Bertz CT molecular complexity index is 678. The van der Waals surface area contributed by atoms with Crippen molar-refractivity contribution < 1.29 is 14.0 Å². The normalized spacial score (nSPS) is 10.2. The minimum Gasteiger partial charge on any atom is -0.345 e. The fraction of sp³-hybridized carbons (Fsp3) is 0.176. The monoisotopic (exact) mass is 285 g/mol. The van der Waals surface area contributed by atoms with Crippen LogP contribution in [0.1, 0.15) is 27.0 Å². The van der Waals surface area contributed by atoms with Gasteiger partial charge < -0.3 is 5.32 Å². The molecule has 21 heavy (non-hydrogen) atoms. The van der Waals surface area contributed by atoms with Crippen LogP contribution in [0, 0.1) is 19.7 Å². The summed E-state index contributed by atoms with van der Waals surface area (Å²) >= 11 is 0. The molecule has 108 valence electrons. The predicted octanol–water partition coefficient (Wildman–Crippen LogP) is 2.94. The summed E-state index contributed by atoms with van der Waals surface area (Å²) in [6.45, 7) is 3.69. The molecule has 0 spiro atoms. The zero-order valence-electron chi connectivity index (χ0n) is 11.9. The van der Waals surface area contributed by atoms with Gasteiger partial charge in [-0.2, -0.15) is 0 Å². The van der Waals surface area contributed by atoms with E-state index in [2.05, 4.69) is 5.32 Å². The van der Waals surface area contributed by atoms with Crippen molar-refractivity contribution in [3.63, 3.8) is 0 Å². The average Bonchev–Trinajstić information content (AvgIpc) is 2.48. The summed E-state index contributed by atoms with van der Waals surface area (Å²) in [6.07, 6.45) is 0. The van der Waals surface area contributed by atoms with Crippen molar-refractivity contribution in [2.45, 2.75) is 20.4 Å². The molecule has 3 nitrogen and oxygen atoms in total. The number of hydrogen-bond acceptors (Lipinski definition) is 2. The lowest BCUT2D eigenvalue weighted by Gasteiger charge is -2.06. The van der Waals surface area contributed by atoms with Gasteiger partial charge in [0.15, 0.2) is 0 Å². The number of benzene rings is 2. The summed E-state index contributed by atoms with van der Waals surface area (Å²) in [5, 5.41) is 2.50. The molecule has 0 aliphatic heterocycles. The lowest BCUT2D eigenvalue weighted by molar-refractivity contribution is -0.117. The number of carbonyl (C=O) groups excluding carboxylic acids is 2. The number of Topliss-reactive ketones (excluding diaryl/α,β-unsaturated/α-hetero) is 1. The van der Waals surface area contributed by atoms with Crippen LogP contribution in [-0.2, 0) is 11.3 Å². The Morgan fingerprint density at radius 2 is 1.71 bits per heavy atom. The summed E-state index contributed by atoms with van der Waals surface area (Å²) < 4.78 is 13.4. The van der Waals surface area contributed by atoms with E-state index in [-0.39, 0.29) is 12.4 Å². The van der Waals surface area contributed by atoms with Crippen LogP contribution in [0.2, 0.25) is 0 Å². The van der Waals surface area contributed by atoms with Crippen molar-refractivity contribution in [2.75, 3.05) is 0 Å². The third kappa shape index (κ3) is 3.75. The number of aryl methyl sites for hydroxylation is 2. The van der Waals surface area contributed by atoms with Crippen LogP contribution in [0.15, 0.2) is 42.5 Å². The van der Waals surface area contributed by atoms with E-state index >= 15 is 0 Å². The maximum Gasteiger partial charge on any atom is 0.292 e. The van der Waals surface area contributed by atoms with Crippen molar-refractivity contribution in [2.24, 2.45) is 0 Å². The first-order valence-corrected chi connectivity index (χ1v) is 6.61. The molecule has 0 bridgehead atoms. The van der Waals surface area contributed by atoms with Gasteiger partial charge in [0.05, 0.1) is 0 Å². The van der Waals surface area contributed by atoms with Gasteiger partial charge in [0.25, 0.3) is 5.91 Å². The van der Waals surface area contributed by atoms with Crippen molar-refractivity contribution in [1.82, 2.24) is 5.32 Å². The van der Waals surface area contributed by atoms with Crippen molar-refractivity contribution in [1.29, 1.82) is 0 Å². The van der Waals surface area contributed by atoms with E-state index in [1.165, 1.54) is 6.07 Å². The largest absolute Gasteiger partial charge is 0.345 e. The number of halogens is 1. The second-order valence-electron chi connectivity index (χ2n) is 4.96. The summed E-state index contributed by atoms with van der Waals surface area (Å²) in [4.78, 5) is 23.7. The highest BCUT2D eigenvalue weighted by Crippen LogP contribution is 2.09. The standard InChI is InChI=1S/C17H16FNO2/c1-11-3-7-14(8-4-11)16(20)17(21)19-10-13-6-5-12(2)15(18)9-13/h3-9H,10H2,1-2H3,(H,19,21). The summed E-state index contributed by atoms with van der Waals surface area (Å²) in [6, 6.07) is 11.5. The maximum absolute atomic E-state index is 13.4. The molecule has 0 heterocycles. The van der Waals surface area contributed by atoms with E-state index in [9.17, 15) is 14.0 Å². The summed E-state index contributed by atoms with van der Waals surface area (Å²) in [5.74, 6) is -1.62. The van der Waals surface area contributed by atoms with Crippen LogP contribution in [0.3, 0.4) is 0 Å². The van der Waals surface area contributed by atoms with E-state index in [1.807, 2.05) is 6.92 Å². The van der Waals surface area contributed by atoms with Crippen molar-refractivity contribution in [3.8, 4) is 0 Å². The van der Waals surface area contributed by atoms with Gasteiger partial charge in [-0.25, -0.2) is 4.39 Å². The SMILES string of the molecule is Cc1ccc(C(=O)C(=O)NCc2ccc(C)c(F)c2)cc1. The van der Waals surface area contributed by atoms with Gasteiger partial charge in [-0.15, -0.1) is 0 Å². The molecule has 4 heteroatoms. The van der Waals surface area contributed by atoms with E-state index in [0.29, 0.717) is 16.7 Å². The Kier molecular flexibility index (Phi) is 4.48. The Balaban J connectivity index is 1.99. The highest BCUT2D eigenvalue weighted by molar-refractivity contribution is 6.42. The first kappa shape index (κ1) is 14.9. The number of ketones is 1. The van der Waals surface area contributed by atoms with Crippen LogP contribution in [-0.4, -0.2) is 11.7 Å². The molecule has 2 aromatic carbocycles. The van der Waals surface area contributed by atoms with E-state index in [4.69, 9.17) is 0 Å². The van der Waals surface area contributed by atoms with Crippen molar-refractivity contribution in [3.05, 3.63) is 70.5 Å². The highest BCUT2D eigenvalue weighted by Gasteiger charge is 2.15.